The molecule has 0 radical (unpaired) electrons. The standard InChI is InChI=1S/C17H27N3O3S/c1-2-24(21,22)20-8-15(11-23-10-14-5-6-14)17-16(9-20)18-12-19(17)7-13-3-4-13/h12-15H,2-11H2,1H3/t15-/m1/s1. The van der Waals surface area contributed by atoms with Crippen LogP contribution in [0.5, 0.6) is 0 Å². The fourth-order valence-electron chi connectivity index (χ4n) is 3.50. The fourth-order valence-corrected chi connectivity index (χ4v) is 4.59. The van der Waals surface area contributed by atoms with Crippen molar-refractivity contribution in [3.05, 3.63) is 17.7 Å². The van der Waals surface area contributed by atoms with E-state index in [0.717, 1.165) is 30.7 Å². The van der Waals surface area contributed by atoms with Gasteiger partial charge in [0.1, 0.15) is 0 Å². The lowest BCUT2D eigenvalue weighted by molar-refractivity contribution is 0.0995. The van der Waals surface area contributed by atoms with Gasteiger partial charge in [-0.05, 0) is 44.4 Å². The third-order valence-corrected chi connectivity index (χ3v) is 7.17. The number of ether oxygens (including phenoxy) is 1. The van der Waals surface area contributed by atoms with E-state index in [2.05, 4.69) is 9.55 Å². The number of rotatable bonds is 8. The maximum Gasteiger partial charge on any atom is 0.214 e. The van der Waals surface area contributed by atoms with Gasteiger partial charge in [0.15, 0.2) is 0 Å². The first-order valence-corrected chi connectivity index (χ1v) is 10.8. The minimum absolute atomic E-state index is 0.0927. The van der Waals surface area contributed by atoms with Gasteiger partial charge in [0.25, 0.3) is 0 Å². The van der Waals surface area contributed by atoms with Crippen molar-refractivity contribution in [2.24, 2.45) is 11.8 Å². The van der Waals surface area contributed by atoms with E-state index >= 15 is 0 Å². The van der Waals surface area contributed by atoms with Gasteiger partial charge in [-0.15, -0.1) is 0 Å². The number of aromatic nitrogens is 2. The molecule has 2 fully saturated rings. The first kappa shape index (κ1) is 16.5. The van der Waals surface area contributed by atoms with Gasteiger partial charge in [0, 0.05) is 31.3 Å². The second-order valence-corrected chi connectivity index (χ2v) is 9.80. The Morgan fingerprint density at radius 3 is 2.62 bits per heavy atom. The van der Waals surface area contributed by atoms with Crippen LogP contribution in [-0.2, 0) is 27.8 Å². The Morgan fingerprint density at radius 1 is 1.21 bits per heavy atom. The van der Waals surface area contributed by atoms with Crippen molar-refractivity contribution in [2.45, 2.75) is 51.6 Å². The lowest BCUT2D eigenvalue weighted by Crippen LogP contribution is -2.41. The summed E-state index contributed by atoms with van der Waals surface area (Å²) in [6.45, 7) is 5.04. The second-order valence-electron chi connectivity index (χ2n) is 7.54. The summed E-state index contributed by atoms with van der Waals surface area (Å²) in [7, 11) is -3.20. The number of sulfonamides is 1. The highest BCUT2D eigenvalue weighted by Crippen LogP contribution is 2.35. The molecule has 0 unspecified atom stereocenters. The van der Waals surface area contributed by atoms with Crippen LogP contribution < -0.4 is 0 Å². The van der Waals surface area contributed by atoms with E-state index in [9.17, 15) is 8.42 Å². The Hall–Kier alpha value is -0.920. The highest BCUT2D eigenvalue weighted by atomic mass is 32.2. The quantitative estimate of drug-likeness (QED) is 0.717. The van der Waals surface area contributed by atoms with Crippen molar-refractivity contribution in [3.63, 3.8) is 0 Å². The van der Waals surface area contributed by atoms with Crippen LogP contribution in [-0.4, -0.2) is 47.8 Å². The smallest absolute Gasteiger partial charge is 0.214 e. The van der Waals surface area contributed by atoms with Gasteiger partial charge in [-0.2, -0.15) is 4.31 Å². The van der Waals surface area contributed by atoms with Crippen LogP contribution in [0.2, 0.25) is 0 Å². The van der Waals surface area contributed by atoms with Crippen molar-refractivity contribution >= 4 is 10.0 Å². The molecule has 0 aromatic carbocycles. The Labute approximate surface area is 144 Å². The number of hydrogen-bond acceptors (Lipinski definition) is 4. The molecule has 1 atom stereocenters. The number of nitrogens with zero attached hydrogens (tertiary/aromatic N) is 3. The van der Waals surface area contributed by atoms with Gasteiger partial charge in [-0.3, -0.25) is 0 Å². The molecular formula is C17H27N3O3S. The SMILES string of the molecule is CCS(=O)(=O)N1Cc2ncn(CC3CC3)c2[C@@H](COCC2CC2)C1. The lowest BCUT2D eigenvalue weighted by Gasteiger charge is -2.32. The van der Waals surface area contributed by atoms with Crippen LogP contribution >= 0.6 is 0 Å². The summed E-state index contributed by atoms with van der Waals surface area (Å²) < 4.78 is 34.5. The molecule has 134 valence electrons. The molecule has 2 heterocycles. The monoisotopic (exact) mass is 353 g/mol. The second kappa shape index (κ2) is 6.42. The highest BCUT2D eigenvalue weighted by molar-refractivity contribution is 7.89. The van der Waals surface area contributed by atoms with Gasteiger partial charge in [-0.1, -0.05) is 0 Å². The zero-order valence-electron chi connectivity index (χ0n) is 14.4. The Morgan fingerprint density at radius 2 is 1.96 bits per heavy atom. The zero-order chi connectivity index (χ0) is 16.7. The van der Waals surface area contributed by atoms with Crippen molar-refractivity contribution in [3.8, 4) is 0 Å². The predicted octanol–water partition coefficient (Wildman–Crippen LogP) is 1.97. The maximum atomic E-state index is 12.3. The third kappa shape index (κ3) is 3.53. The molecule has 1 aliphatic heterocycles. The minimum Gasteiger partial charge on any atom is -0.380 e. The molecule has 1 aromatic rings. The van der Waals surface area contributed by atoms with Crippen LogP contribution in [0.4, 0.5) is 0 Å². The van der Waals surface area contributed by atoms with Gasteiger partial charge < -0.3 is 9.30 Å². The molecule has 2 aliphatic carbocycles. The zero-order valence-corrected chi connectivity index (χ0v) is 15.2. The molecule has 0 spiro atoms. The van der Waals surface area contributed by atoms with Crippen LogP contribution in [0.25, 0.3) is 0 Å². The van der Waals surface area contributed by atoms with Gasteiger partial charge in [0.05, 0.1) is 30.9 Å². The maximum absolute atomic E-state index is 12.3. The van der Waals surface area contributed by atoms with E-state index in [1.165, 1.54) is 31.4 Å². The largest absolute Gasteiger partial charge is 0.380 e. The molecule has 1 aromatic heterocycles. The lowest BCUT2D eigenvalue weighted by atomic mass is 10.0. The first-order chi connectivity index (χ1) is 11.6. The number of imidazole rings is 1. The molecule has 24 heavy (non-hydrogen) atoms. The molecule has 2 saturated carbocycles. The summed E-state index contributed by atoms with van der Waals surface area (Å²) in [5, 5.41) is 0. The van der Waals surface area contributed by atoms with E-state index in [4.69, 9.17) is 4.74 Å². The van der Waals surface area contributed by atoms with Crippen molar-refractivity contribution < 1.29 is 13.2 Å². The Bertz CT molecular complexity index is 692. The molecule has 0 N–H and O–H groups in total. The Balaban J connectivity index is 1.55. The summed E-state index contributed by atoms with van der Waals surface area (Å²) >= 11 is 0. The van der Waals surface area contributed by atoms with E-state index in [-0.39, 0.29) is 11.7 Å². The summed E-state index contributed by atoms with van der Waals surface area (Å²) in [5.74, 6) is 1.73. The molecule has 0 amide bonds. The topological polar surface area (TPSA) is 64.4 Å². The molecule has 7 heteroatoms. The summed E-state index contributed by atoms with van der Waals surface area (Å²) in [6, 6.07) is 0. The Kier molecular flexibility index (Phi) is 4.43. The molecule has 4 rings (SSSR count). The first-order valence-electron chi connectivity index (χ1n) is 9.16. The average Bonchev–Trinajstić information content (AvgIpc) is 3.48. The molecule has 3 aliphatic rings. The predicted molar refractivity (Wildman–Crippen MR) is 91.1 cm³/mol. The summed E-state index contributed by atoms with van der Waals surface area (Å²) in [5.41, 5.74) is 2.12. The highest BCUT2D eigenvalue weighted by Gasteiger charge is 2.36. The van der Waals surface area contributed by atoms with Crippen molar-refractivity contribution in [1.29, 1.82) is 0 Å². The van der Waals surface area contributed by atoms with Crippen molar-refractivity contribution in [1.82, 2.24) is 13.9 Å². The van der Waals surface area contributed by atoms with Crippen LogP contribution in [0.15, 0.2) is 6.33 Å². The van der Waals surface area contributed by atoms with Gasteiger partial charge >= 0.3 is 0 Å². The van der Waals surface area contributed by atoms with Crippen LogP contribution in [0.3, 0.4) is 0 Å². The van der Waals surface area contributed by atoms with E-state index in [1.807, 2.05) is 6.33 Å². The van der Waals surface area contributed by atoms with E-state index in [1.54, 1.807) is 11.2 Å². The van der Waals surface area contributed by atoms with Crippen LogP contribution in [0, 0.1) is 11.8 Å². The number of hydrogen-bond donors (Lipinski definition) is 0. The van der Waals surface area contributed by atoms with Gasteiger partial charge in [-0.25, -0.2) is 13.4 Å². The van der Waals surface area contributed by atoms with Crippen LogP contribution in [0.1, 0.15) is 49.9 Å². The number of fused-ring (bicyclic) bond motifs is 1. The third-order valence-electron chi connectivity index (χ3n) is 5.37. The van der Waals surface area contributed by atoms with E-state index < -0.39 is 10.0 Å². The fraction of sp³-hybridized carbons (Fsp3) is 0.824. The van der Waals surface area contributed by atoms with Gasteiger partial charge in [0.2, 0.25) is 10.0 Å². The molecule has 6 nitrogen and oxygen atoms in total. The summed E-state index contributed by atoms with van der Waals surface area (Å²) in [4.78, 5) is 4.54. The normalized spacial score (nSPS) is 25.0. The van der Waals surface area contributed by atoms with Crippen molar-refractivity contribution in [2.75, 3.05) is 25.5 Å². The molecule has 0 saturated heterocycles. The molecule has 0 bridgehead atoms. The average molecular weight is 353 g/mol. The van der Waals surface area contributed by atoms with E-state index in [0.29, 0.717) is 19.7 Å². The summed E-state index contributed by atoms with van der Waals surface area (Å²) in [6.07, 6.45) is 7.04. The molecular weight excluding hydrogens is 326 g/mol. The minimum atomic E-state index is -3.20.